The monoisotopic (exact) mass is 138 g/mol. The van der Waals surface area contributed by atoms with E-state index in [1.54, 1.807) is 0 Å². The number of hydrogen-bond donors (Lipinski definition) is 0. The Bertz CT molecular complexity index is 44.5. The van der Waals surface area contributed by atoms with Crippen LogP contribution in [-0.2, 0) is 0 Å². The maximum absolute atomic E-state index is 2.42. The van der Waals surface area contributed by atoms with Crippen molar-refractivity contribution in [1.82, 2.24) is 0 Å². The average Bonchev–Trinajstić information content (AvgIpc) is 1.30. The molecule has 0 aliphatic carbocycles. The molecular formula is C5H16P2. The molecule has 0 aliphatic rings. The average molecular weight is 138 g/mol. The summed E-state index contributed by atoms with van der Waals surface area (Å²) in [6.45, 7) is 9.55. The zero-order chi connectivity index (χ0) is 5.91. The van der Waals surface area contributed by atoms with E-state index in [9.17, 15) is 0 Å². The Morgan fingerprint density at radius 1 is 1.29 bits per heavy atom. The molecule has 0 nitrogen and oxygen atoms in total. The van der Waals surface area contributed by atoms with Crippen LogP contribution in [0.4, 0.5) is 0 Å². The topological polar surface area (TPSA) is 0 Å². The van der Waals surface area contributed by atoms with Crippen LogP contribution < -0.4 is 0 Å². The first kappa shape index (κ1) is 7.86. The third-order valence-corrected chi connectivity index (χ3v) is 6.36. The molecule has 0 fully saturated rings. The summed E-state index contributed by atoms with van der Waals surface area (Å²) in [5, 5.41) is 0. The van der Waals surface area contributed by atoms with Gasteiger partial charge in [-0.25, -0.2) is 0 Å². The van der Waals surface area contributed by atoms with Gasteiger partial charge in [0.05, 0.1) is 0 Å². The Morgan fingerprint density at radius 3 is 1.71 bits per heavy atom. The van der Waals surface area contributed by atoms with E-state index in [4.69, 9.17) is 0 Å². The van der Waals surface area contributed by atoms with E-state index >= 15 is 0 Å². The Hall–Kier alpha value is 0.860. The fourth-order valence-corrected chi connectivity index (χ4v) is 4.77. The van der Waals surface area contributed by atoms with Crippen LogP contribution in [-0.4, -0.2) is 32.6 Å². The summed E-state index contributed by atoms with van der Waals surface area (Å²) < 4.78 is 0. The van der Waals surface area contributed by atoms with E-state index in [0.29, 0.717) is 0 Å². The summed E-state index contributed by atoms with van der Waals surface area (Å²) in [6.07, 6.45) is 0. The molecule has 2 heteroatoms. The molecule has 0 spiro atoms. The van der Waals surface area contributed by atoms with Gasteiger partial charge in [0.25, 0.3) is 0 Å². The second-order valence-corrected chi connectivity index (χ2v) is 10.3. The van der Waals surface area contributed by atoms with Gasteiger partial charge in [-0.15, -0.1) is 0 Å². The van der Waals surface area contributed by atoms with Gasteiger partial charge in [-0.1, -0.05) is 0 Å². The van der Waals surface area contributed by atoms with Crippen LogP contribution >= 0.6 is 15.8 Å². The van der Waals surface area contributed by atoms with Crippen molar-refractivity contribution in [2.75, 3.05) is 32.6 Å². The number of rotatable bonds is 2. The summed E-state index contributed by atoms with van der Waals surface area (Å²) >= 11 is 0. The van der Waals surface area contributed by atoms with Crippen molar-refractivity contribution in [2.24, 2.45) is 0 Å². The molecule has 0 saturated carbocycles. The molecule has 0 aromatic carbocycles. The van der Waals surface area contributed by atoms with E-state index < -0.39 is 7.26 Å². The van der Waals surface area contributed by atoms with Gasteiger partial charge in [0.1, 0.15) is 0 Å². The van der Waals surface area contributed by atoms with Crippen LogP contribution in [0.1, 0.15) is 0 Å². The van der Waals surface area contributed by atoms with Gasteiger partial charge in [0.2, 0.25) is 0 Å². The Labute approximate surface area is 49.2 Å². The zero-order valence-corrected chi connectivity index (χ0v) is 7.71. The van der Waals surface area contributed by atoms with Crippen molar-refractivity contribution in [3.63, 3.8) is 0 Å². The van der Waals surface area contributed by atoms with E-state index in [1.165, 1.54) is 14.5 Å². The fourth-order valence-electron chi connectivity index (χ4n) is 0.530. The Morgan fingerprint density at radius 2 is 1.71 bits per heavy atom. The van der Waals surface area contributed by atoms with E-state index in [1.807, 2.05) is 0 Å². The Balaban J connectivity index is 3.15. The minimum atomic E-state index is -0.645. The normalized spacial score (nSPS) is 16.0. The molecule has 0 radical (unpaired) electrons. The predicted octanol–water partition coefficient (Wildman–Crippen LogP) is 1.89. The van der Waals surface area contributed by atoms with Gasteiger partial charge in [-0.3, -0.25) is 0 Å². The minimum absolute atomic E-state index is 0.645. The van der Waals surface area contributed by atoms with E-state index in [-0.39, 0.29) is 0 Å². The van der Waals surface area contributed by atoms with Gasteiger partial charge < -0.3 is 0 Å². The third kappa shape index (κ3) is 6.86. The van der Waals surface area contributed by atoms with Gasteiger partial charge in [-0.2, -0.15) is 0 Å². The van der Waals surface area contributed by atoms with Crippen LogP contribution in [0, 0.1) is 0 Å². The molecule has 0 N–H and O–H groups in total. The number of hydrogen-bond acceptors (Lipinski definition) is 0. The first-order chi connectivity index (χ1) is 3.06. The zero-order valence-electron chi connectivity index (χ0n) is 5.71. The third-order valence-electron chi connectivity index (χ3n) is 0.707. The van der Waals surface area contributed by atoms with Crippen LogP contribution in [0.3, 0.4) is 0 Å². The van der Waals surface area contributed by atoms with Crippen LogP contribution in [0.25, 0.3) is 0 Å². The molecule has 0 saturated heterocycles. The SMILES string of the molecule is CPC[PH](C)(C)C. The summed E-state index contributed by atoms with van der Waals surface area (Å²) in [5.41, 5.74) is 0. The van der Waals surface area contributed by atoms with Gasteiger partial charge in [0.15, 0.2) is 0 Å². The quantitative estimate of drug-likeness (QED) is 0.511. The van der Waals surface area contributed by atoms with Crippen molar-refractivity contribution in [3.8, 4) is 0 Å². The van der Waals surface area contributed by atoms with E-state index in [2.05, 4.69) is 26.7 Å². The van der Waals surface area contributed by atoms with Crippen molar-refractivity contribution < 1.29 is 0 Å². The van der Waals surface area contributed by atoms with Crippen LogP contribution in [0.2, 0.25) is 0 Å². The molecule has 7 heavy (non-hydrogen) atoms. The summed E-state index contributed by atoms with van der Waals surface area (Å²) in [5.74, 6) is 1.51. The molecule has 0 aromatic heterocycles. The second kappa shape index (κ2) is 3.00. The molecule has 0 aromatic rings. The molecule has 0 heterocycles. The van der Waals surface area contributed by atoms with Gasteiger partial charge in [-0.05, 0) is 0 Å². The molecule has 1 unspecified atom stereocenters. The fraction of sp³-hybridized carbons (Fsp3) is 1.00. The maximum atomic E-state index is 2.42. The van der Waals surface area contributed by atoms with Crippen molar-refractivity contribution in [3.05, 3.63) is 0 Å². The first-order valence-corrected chi connectivity index (χ1v) is 8.12. The van der Waals surface area contributed by atoms with Crippen molar-refractivity contribution in [2.45, 2.75) is 0 Å². The van der Waals surface area contributed by atoms with E-state index in [0.717, 1.165) is 0 Å². The molecule has 0 rings (SSSR count). The molecule has 1 atom stereocenters. The standard InChI is InChI=1S/C5H16P2/c1-6-5-7(2,3)4/h6-7H,5H2,1-4H3. The van der Waals surface area contributed by atoms with Crippen LogP contribution in [0.15, 0.2) is 0 Å². The van der Waals surface area contributed by atoms with Crippen molar-refractivity contribution >= 4 is 15.8 Å². The molecule has 0 bridgehead atoms. The second-order valence-electron chi connectivity index (χ2n) is 3.09. The molecule has 0 aliphatic heterocycles. The summed E-state index contributed by atoms with van der Waals surface area (Å²) in [4.78, 5) is 0. The van der Waals surface area contributed by atoms with Gasteiger partial charge in [0, 0.05) is 0 Å². The molecule has 46 valence electrons. The van der Waals surface area contributed by atoms with Crippen molar-refractivity contribution in [1.29, 1.82) is 0 Å². The summed E-state index contributed by atoms with van der Waals surface area (Å²) in [6, 6.07) is 0. The predicted molar refractivity (Wildman–Crippen MR) is 45.2 cm³/mol. The Kier molecular flexibility index (Phi) is 3.37. The van der Waals surface area contributed by atoms with Gasteiger partial charge >= 0.3 is 48.4 Å². The molecular weight excluding hydrogens is 122 g/mol. The summed E-state index contributed by atoms with van der Waals surface area (Å²) in [7, 11) is 0.526. The molecule has 0 amide bonds. The van der Waals surface area contributed by atoms with Crippen LogP contribution in [0.5, 0.6) is 0 Å². The first-order valence-electron chi connectivity index (χ1n) is 2.71.